The molecule has 1 heteroatoms. The van der Waals surface area contributed by atoms with Crippen LogP contribution >= 0.6 is 0 Å². The first-order valence-electron chi connectivity index (χ1n) is 8.11. The van der Waals surface area contributed by atoms with Crippen LogP contribution in [0.5, 0.6) is 0 Å². The molecule has 0 amide bonds. The van der Waals surface area contributed by atoms with Gasteiger partial charge in [-0.05, 0) is 62.1 Å². The number of nitrogens with one attached hydrogen (secondary N) is 1. The number of rotatable bonds is 3. The Labute approximate surface area is 125 Å². The molecule has 1 aromatic carbocycles. The van der Waals surface area contributed by atoms with Crippen LogP contribution in [0, 0.1) is 25.7 Å². The summed E-state index contributed by atoms with van der Waals surface area (Å²) in [7, 11) is 2.13. The van der Waals surface area contributed by atoms with Crippen molar-refractivity contribution in [3.8, 4) is 0 Å². The molecule has 1 saturated carbocycles. The predicted molar refractivity (Wildman–Crippen MR) is 88.3 cm³/mol. The van der Waals surface area contributed by atoms with Gasteiger partial charge in [0.15, 0.2) is 0 Å². The molecule has 0 spiro atoms. The highest BCUT2D eigenvalue weighted by Gasteiger charge is 2.39. The second-order valence-corrected chi connectivity index (χ2v) is 7.46. The van der Waals surface area contributed by atoms with Crippen LogP contribution in [0.1, 0.15) is 56.7 Å². The molecule has 0 aromatic heterocycles. The van der Waals surface area contributed by atoms with Gasteiger partial charge >= 0.3 is 0 Å². The van der Waals surface area contributed by atoms with Crippen molar-refractivity contribution in [2.75, 3.05) is 7.05 Å². The molecule has 1 N–H and O–H groups in total. The van der Waals surface area contributed by atoms with E-state index in [1.165, 1.54) is 36.0 Å². The van der Waals surface area contributed by atoms with Gasteiger partial charge in [-0.25, -0.2) is 0 Å². The fraction of sp³-hybridized carbons (Fsp3) is 0.684. The van der Waals surface area contributed by atoms with Gasteiger partial charge in [-0.15, -0.1) is 0 Å². The highest BCUT2D eigenvalue weighted by molar-refractivity contribution is 5.36. The van der Waals surface area contributed by atoms with Crippen molar-refractivity contribution in [3.63, 3.8) is 0 Å². The lowest BCUT2D eigenvalue weighted by Crippen LogP contribution is -2.47. The molecule has 1 aliphatic carbocycles. The average molecular weight is 273 g/mol. The minimum absolute atomic E-state index is 0.242. The van der Waals surface area contributed by atoms with Crippen LogP contribution in [0.3, 0.4) is 0 Å². The van der Waals surface area contributed by atoms with E-state index in [1.807, 2.05) is 0 Å². The highest BCUT2D eigenvalue weighted by Crippen LogP contribution is 2.43. The second-order valence-electron chi connectivity index (χ2n) is 7.46. The van der Waals surface area contributed by atoms with Crippen LogP contribution < -0.4 is 5.32 Å². The van der Waals surface area contributed by atoms with Gasteiger partial charge in [0.1, 0.15) is 0 Å². The van der Waals surface area contributed by atoms with Gasteiger partial charge < -0.3 is 5.32 Å². The molecule has 0 bridgehead atoms. The summed E-state index contributed by atoms with van der Waals surface area (Å²) in [5, 5.41) is 3.59. The number of aryl methyl sites for hydroxylation is 2. The molecule has 0 heterocycles. The van der Waals surface area contributed by atoms with Crippen LogP contribution in [0.2, 0.25) is 0 Å². The van der Waals surface area contributed by atoms with Crippen molar-refractivity contribution in [1.82, 2.24) is 5.32 Å². The van der Waals surface area contributed by atoms with Crippen molar-refractivity contribution < 1.29 is 0 Å². The quantitative estimate of drug-likeness (QED) is 0.848. The maximum Gasteiger partial charge on any atom is 0.0103 e. The molecule has 1 nitrogen and oxygen atoms in total. The highest BCUT2D eigenvalue weighted by atomic mass is 14.9. The van der Waals surface area contributed by atoms with Crippen molar-refractivity contribution in [2.24, 2.45) is 11.8 Å². The smallest absolute Gasteiger partial charge is 0.0103 e. The Morgan fingerprint density at radius 3 is 2.45 bits per heavy atom. The van der Waals surface area contributed by atoms with Gasteiger partial charge in [-0.2, -0.15) is 0 Å². The molecule has 0 saturated heterocycles. The Morgan fingerprint density at radius 1 is 1.15 bits per heavy atom. The SMILES string of the molecule is CNC1CC(C)CCC1C(C)(C)c1ccc(C)cc1C. The topological polar surface area (TPSA) is 12.0 Å². The number of hydrogen-bond donors (Lipinski definition) is 1. The predicted octanol–water partition coefficient (Wildman–Crippen LogP) is 4.61. The Kier molecular flexibility index (Phi) is 4.59. The van der Waals surface area contributed by atoms with E-state index >= 15 is 0 Å². The van der Waals surface area contributed by atoms with Gasteiger partial charge in [0.25, 0.3) is 0 Å². The van der Waals surface area contributed by atoms with Crippen molar-refractivity contribution in [2.45, 2.75) is 65.3 Å². The van der Waals surface area contributed by atoms with Crippen LogP contribution in [-0.2, 0) is 5.41 Å². The Balaban J connectivity index is 2.32. The lowest BCUT2D eigenvalue weighted by molar-refractivity contribution is 0.151. The fourth-order valence-corrected chi connectivity index (χ4v) is 4.30. The van der Waals surface area contributed by atoms with Crippen molar-refractivity contribution >= 4 is 0 Å². The normalized spacial score (nSPS) is 27.6. The first-order chi connectivity index (χ1) is 9.36. The second kappa shape index (κ2) is 5.89. The monoisotopic (exact) mass is 273 g/mol. The van der Waals surface area contributed by atoms with E-state index in [0.717, 1.165) is 11.8 Å². The van der Waals surface area contributed by atoms with Crippen LogP contribution in [0.15, 0.2) is 18.2 Å². The molecule has 0 radical (unpaired) electrons. The van der Waals surface area contributed by atoms with Gasteiger partial charge in [0.05, 0.1) is 0 Å². The molecule has 1 fully saturated rings. The molecule has 3 unspecified atom stereocenters. The zero-order chi connectivity index (χ0) is 14.9. The van der Waals surface area contributed by atoms with E-state index in [2.05, 4.69) is 65.2 Å². The van der Waals surface area contributed by atoms with E-state index in [9.17, 15) is 0 Å². The van der Waals surface area contributed by atoms with Gasteiger partial charge in [0.2, 0.25) is 0 Å². The van der Waals surface area contributed by atoms with Gasteiger partial charge in [-0.3, -0.25) is 0 Å². The van der Waals surface area contributed by atoms with Gasteiger partial charge in [0, 0.05) is 6.04 Å². The summed E-state index contributed by atoms with van der Waals surface area (Å²) in [5.74, 6) is 1.59. The summed E-state index contributed by atoms with van der Waals surface area (Å²) >= 11 is 0. The maximum atomic E-state index is 3.59. The average Bonchev–Trinajstić information content (AvgIpc) is 2.37. The van der Waals surface area contributed by atoms with E-state index in [-0.39, 0.29) is 5.41 Å². The van der Waals surface area contributed by atoms with Crippen LogP contribution in [0.25, 0.3) is 0 Å². The molecule has 20 heavy (non-hydrogen) atoms. The minimum Gasteiger partial charge on any atom is -0.317 e. The van der Waals surface area contributed by atoms with E-state index < -0.39 is 0 Å². The van der Waals surface area contributed by atoms with E-state index in [4.69, 9.17) is 0 Å². The lowest BCUT2D eigenvalue weighted by Gasteiger charge is -2.45. The van der Waals surface area contributed by atoms with Crippen molar-refractivity contribution in [3.05, 3.63) is 34.9 Å². The summed E-state index contributed by atoms with van der Waals surface area (Å²) in [4.78, 5) is 0. The van der Waals surface area contributed by atoms with E-state index in [0.29, 0.717) is 6.04 Å². The third kappa shape index (κ3) is 2.93. The van der Waals surface area contributed by atoms with Crippen molar-refractivity contribution in [1.29, 1.82) is 0 Å². The third-order valence-electron chi connectivity index (χ3n) is 5.49. The first kappa shape index (κ1) is 15.6. The zero-order valence-corrected chi connectivity index (χ0v) is 14.1. The summed E-state index contributed by atoms with van der Waals surface area (Å²) in [6.07, 6.45) is 4.03. The minimum atomic E-state index is 0.242. The molecule has 1 aromatic rings. The molecule has 3 atom stereocenters. The molecule has 112 valence electrons. The van der Waals surface area contributed by atoms with Crippen LogP contribution in [0.4, 0.5) is 0 Å². The third-order valence-corrected chi connectivity index (χ3v) is 5.49. The van der Waals surface area contributed by atoms with Crippen LogP contribution in [-0.4, -0.2) is 13.1 Å². The molecule has 1 aliphatic rings. The lowest BCUT2D eigenvalue weighted by atomic mass is 9.63. The standard InChI is InChI=1S/C19H31N/c1-13-7-9-16(15(3)11-13)19(4,5)17-10-8-14(2)12-18(17)20-6/h7,9,11,14,17-18,20H,8,10,12H2,1-6H3. The summed E-state index contributed by atoms with van der Waals surface area (Å²) in [5.41, 5.74) is 4.59. The molecule has 0 aliphatic heterocycles. The maximum absolute atomic E-state index is 3.59. The number of benzene rings is 1. The largest absolute Gasteiger partial charge is 0.317 e. The Morgan fingerprint density at radius 2 is 1.85 bits per heavy atom. The number of hydrogen-bond acceptors (Lipinski definition) is 1. The molecular formula is C19H31N. The van der Waals surface area contributed by atoms with E-state index in [1.54, 1.807) is 0 Å². The summed E-state index contributed by atoms with van der Waals surface area (Å²) in [6.45, 7) is 11.7. The summed E-state index contributed by atoms with van der Waals surface area (Å²) < 4.78 is 0. The Hall–Kier alpha value is -0.820. The zero-order valence-electron chi connectivity index (χ0n) is 14.1. The Bertz CT molecular complexity index is 461. The molecular weight excluding hydrogens is 242 g/mol. The first-order valence-corrected chi connectivity index (χ1v) is 8.11. The summed E-state index contributed by atoms with van der Waals surface area (Å²) in [6, 6.07) is 7.60. The van der Waals surface area contributed by atoms with Gasteiger partial charge in [-0.1, -0.05) is 51.0 Å². The fourth-order valence-electron chi connectivity index (χ4n) is 4.30. The molecule has 2 rings (SSSR count).